The molecule has 0 saturated carbocycles. The summed E-state index contributed by atoms with van der Waals surface area (Å²) < 4.78 is 0. The number of hydrogen-bond donors (Lipinski definition) is 2. The highest BCUT2D eigenvalue weighted by molar-refractivity contribution is 6.16. The molecule has 232 valence electrons. The molecule has 0 unspecified atom stereocenters. The third-order valence-electron chi connectivity index (χ3n) is 9.08. The fourth-order valence-electron chi connectivity index (χ4n) is 6.49. The van der Waals surface area contributed by atoms with Gasteiger partial charge in [0.2, 0.25) is 0 Å². The van der Waals surface area contributed by atoms with Crippen molar-refractivity contribution >= 4 is 40.6 Å². The summed E-state index contributed by atoms with van der Waals surface area (Å²) in [4.78, 5) is 7.46. The van der Waals surface area contributed by atoms with Crippen LogP contribution in [0.4, 0.5) is 22.7 Å². The van der Waals surface area contributed by atoms with Crippen LogP contribution in [0.3, 0.4) is 0 Å². The summed E-state index contributed by atoms with van der Waals surface area (Å²) in [5, 5.41) is 2.36. The third-order valence-corrected chi connectivity index (χ3v) is 9.08. The van der Waals surface area contributed by atoms with Gasteiger partial charge in [0.25, 0.3) is 0 Å². The molecule has 0 aromatic heterocycles. The van der Waals surface area contributed by atoms with Crippen LogP contribution >= 0.6 is 0 Å². The second kappa shape index (κ2) is 13.8. The van der Waals surface area contributed by atoms with E-state index in [1.165, 1.54) is 21.9 Å². The van der Waals surface area contributed by atoms with Crippen LogP contribution in [-0.4, -0.2) is 12.3 Å². The summed E-state index contributed by atoms with van der Waals surface area (Å²) in [6, 6.07) is 40.3. The van der Waals surface area contributed by atoms with Crippen LogP contribution in [-0.2, 0) is 6.54 Å². The number of anilines is 4. The van der Waals surface area contributed by atoms with Gasteiger partial charge in [0.05, 0.1) is 23.6 Å². The first kappa shape index (κ1) is 30.1. The average Bonchev–Trinajstić information content (AvgIpc) is 3.13. The highest BCUT2D eigenvalue weighted by Gasteiger charge is 2.15. The molecule has 47 heavy (non-hydrogen) atoms. The van der Waals surface area contributed by atoms with Crippen LogP contribution in [0.2, 0.25) is 0 Å². The van der Waals surface area contributed by atoms with E-state index >= 15 is 0 Å². The number of aliphatic imine (C=N–C) groups is 1. The first-order chi connectivity index (χ1) is 23.1. The molecular weight excluding hydrogens is 573 g/mol. The monoisotopic (exact) mass is 612 g/mol. The molecule has 0 saturated heterocycles. The number of rotatable bonds is 9. The predicted octanol–water partition coefficient (Wildman–Crippen LogP) is 8.32. The summed E-state index contributed by atoms with van der Waals surface area (Å²) in [7, 11) is 0. The largest absolute Gasteiger partial charge is 0.398 e. The highest BCUT2D eigenvalue weighted by Crippen LogP contribution is 2.32. The van der Waals surface area contributed by atoms with Crippen LogP contribution in [0.15, 0.2) is 144 Å². The zero-order valence-corrected chi connectivity index (χ0v) is 26.6. The van der Waals surface area contributed by atoms with Crippen LogP contribution in [0.5, 0.6) is 0 Å². The van der Waals surface area contributed by atoms with Crippen LogP contribution in [0, 0.1) is 0 Å². The van der Waals surface area contributed by atoms with Crippen molar-refractivity contribution in [3.05, 3.63) is 166 Å². The maximum Gasteiger partial charge on any atom is 0.0743 e. The van der Waals surface area contributed by atoms with Crippen LogP contribution in [0.25, 0.3) is 23.3 Å². The predicted molar refractivity (Wildman–Crippen MR) is 200 cm³/mol. The molecule has 4 N–H and O–H groups in total. The Bertz CT molecular complexity index is 2090. The molecule has 7 rings (SSSR count). The van der Waals surface area contributed by atoms with Crippen molar-refractivity contribution in [1.29, 1.82) is 0 Å². The van der Waals surface area contributed by atoms with Gasteiger partial charge in [0.15, 0.2) is 0 Å². The van der Waals surface area contributed by atoms with Gasteiger partial charge >= 0.3 is 0 Å². The van der Waals surface area contributed by atoms with Crippen molar-refractivity contribution in [2.75, 3.05) is 22.9 Å². The molecule has 0 aliphatic heterocycles. The standard InChI is InChI=1S/C43H40N4/c44-40-17-9-10-18-41(40)47(37-14-5-2-6-15-37)30-32-19-21-33(22-20-32)34-23-25-36(26-24-34)43(46-29-31-11-3-1-4-12-31)39-28-27-35-13-7-8-16-38(35)42(39)45/h1-3,5-6,9-11,13-28H,4,7-8,12,29-30,44-45H2/b46-43-. The summed E-state index contributed by atoms with van der Waals surface area (Å²) >= 11 is 0. The molecule has 0 bridgehead atoms. The summed E-state index contributed by atoms with van der Waals surface area (Å²) in [5.41, 5.74) is 24.8. The Kier molecular flexibility index (Phi) is 8.83. The Morgan fingerprint density at radius 2 is 1.43 bits per heavy atom. The lowest BCUT2D eigenvalue weighted by Crippen LogP contribution is -2.31. The molecule has 0 atom stereocenters. The van der Waals surface area contributed by atoms with Crippen molar-refractivity contribution in [3.63, 3.8) is 0 Å². The molecule has 5 aromatic carbocycles. The lowest BCUT2D eigenvalue weighted by Gasteiger charge is -2.26. The lowest BCUT2D eigenvalue weighted by molar-refractivity contribution is 0.916. The van der Waals surface area contributed by atoms with Crippen molar-refractivity contribution in [1.82, 2.24) is 0 Å². The van der Waals surface area contributed by atoms with Crippen LogP contribution < -0.4 is 26.8 Å². The van der Waals surface area contributed by atoms with E-state index in [1.807, 2.05) is 24.3 Å². The quantitative estimate of drug-likeness (QED) is 0.130. The molecule has 0 radical (unpaired) electrons. The fraction of sp³-hybridized carbons (Fsp3) is 0.140. The van der Waals surface area contributed by atoms with Crippen molar-refractivity contribution in [2.45, 2.75) is 32.2 Å². The van der Waals surface area contributed by atoms with E-state index in [-0.39, 0.29) is 0 Å². The second-order valence-electron chi connectivity index (χ2n) is 12.2. The summed E-state index contributed by atoms with van der Waals surface area (Å²) in [6.07, 6.45) is 15.3. The number of fused-ring (bicyclic) bond motifs is 1. The van der Waals surface area contributed by atoms with E-state index in [9.17, 15) is 0 Å². The summed E-state index contributed by atoms with van der Waals surface area (Å²) in [5.74, 6) is 0. The maximum atomic E-state index is 6.83. The van der Waals surface area contributed by atoms with Gasteiger partial charge in [-0.3, -0.25) is 4.99 Å². The van der Waals surface area contributed by atoms with Gasteiger partial charge < -0.3 is 16.4 Å². The first-order valence-electron chi connectivity index (χ1n) is 16.5. The van der Waals surface area contributed by atoms with E-state index in [4.69, 9.17) is 16.5 Å². The number of nitrogens with two attached hydrogens (primary N) is 2. The molecule has 0 heterocycles. The molecule has 5 aromatic rings. The number of para-hydroxylation sites is 3. The molecule has 4 heteroatoms. The van der Waals surface area contributed by atoms with Gasteiger partial charge in [-0.1, -0.05) is 121 Å². The van der Waals surface area contributed by atoms with E-state index in [2.05, 4.69) is 126 Å². The number of hydrogen-bond acceptors (Lipinski definition) is 4. The molecule has 2 aliphatic rings. The number of nitrogen functional groups attached to an aromatic ring is 2. The van der Waals surface area contributed by atoms with Gasteiger partial charge in [-0.05, 0) is 77.4 Å². The second-order valence-corrected chi connectivity index (χ2v) is 12.2. The highest BCUT2D eigenvalue weighted by atomic mass is 15.1. The van der Waals surface area contributed by atoms with Gasteiger partial charge in [-0.15, -0.1) is 0 Å². The summed E-state index contributed by atoms with van der Waals surface area (Å²) in [6.45, 7) is 1.38. The Morgan fingerprint density at radius 3 is 2.17 bits per heavy atom. The minimum absolute atomic E-state index is 0.671. The van der Waals surface area contributed by atoms with E-state index in [1.54, 1.807) is 0 Å². The van der Waals surface area contributed by atoms with Gasteiger partial charge in [-0.2, -0.15) is 0 Å². The molecular formula is C43H40N4. The van der Waals surface area contributed by atoms with Gasteiger partial charge in [-0.25, -0.2) is 0 Å². The van der Waals surface area contributed by atoms with Crippen molar-refractivity contribution < 1.29 is 0 Å². The smallest absolute Gasteiger partial charge is 0.0743 e. The lowest BCUT2D eigenvalue weighted by atomic mass is 9.94. The third kappa shape index (κ3) is 6.68. The molecule has 0 amide bonds. The van der Waals surface area contributed by atoms with E-state index in [0.29, 0.717) is 13.1 Å². The number of nitrogens with zero attached hydrogens (tertiary/aromatic N) is 2. The minimum Gasteiger partial charge on any atom is -0.398 e. The Labute approximate surface area is 277 Å². The minimum atomic E-state index is 0.671. The fourth-order valence-corrected chi connectivity index (χ4v) is 6.49. The zero-order valence-electron chi connectivity index (χ0n) is 26.6. The number of benzene rings is 5. The van der Waals surface area contributed by atoms with Crippen molar-refractivity contribution in [2.24, 2.45) is 4.99 Å². The van der Waals surface area contributed by atoms with Gasteiger partial charge in [0.1, 0.15) is 0 Å². The zero-order chi connectivity index (χ0) is 32.0. The molecule has 2 aliphatic carbocycles. The Balaban J connectivity index is 1.17. The Hall–Kier alpha value is -5.61. The average molecular weight is 613 g/mol. The maximum absolute atomic E-state index is 6.83. The van der Waals surface area contributed by atoms with E-state index < -0.39 is 0 Å². The molecule has 0 spiro atoms. The normalized spacial score (nSPS) is 14.0. The SMILES string of the molecule is Nc1ccccc1N(Cc1ccc(-c2ccc(/C(=N/CC3=CC=CCC3)c3ccc4c(c3N)=CCCC=4)cc2)cc1)c1ccccc1. The molecule has 0 fully saturated rings. The topological polar surface area (TPSA) is 67.6 Å². The first-order valence-corrected chi connectivity index (χ1v) is 16.5. The number of allylic oxidation sites excluding steroid dienone is 3. The van der Waals surface area contributed by atoms with Gasteiger partial charge in [0, 0.05) is 34.3 Å². The molecule has 4 nitrogen and oxygen atoms in total. The van der Waals surface area contributed by atoms with E-state index in [0.717, 1.165) is 76.1 Å². The van der Waals surface area contributed by atoms with Crippen molar-refractivity contribution in [3.8, 4) is 11.1 Å². The Morgan fingerprint density at radius 1 is 0.702 bits per heavy atom. The van der Waals surface area contributed by atoms with Crippen LogP contribution in [0.1, 0.15) is 42.4 Å².